The van der Waals surface area contributed by atoms with E-state index in [9.17, 15) is 21.6 Å². The summed E-state index contributed by atoms with van der Waals surface area (Å²) in [7, 11) is -7.17. The first-order chi connectivity index (χ1) is 9.48. The van der Waals surface area contributed by atoms with Crippen LogP contribution in [0.15, 0.2) is 18.2 Å². The van der Waals surface area contributed by atoms with Crippen molar-refractivity contribution in [1.82, 2.24) is 0 Å². The number of nitrogens with two attached hydrogens (primary N) is 1. The highest BCUT2D eigenvalue weighted by atomic mass is 32.2. The molecule has 118 valence electrons. The molecular formula is C12H18N2O5S2. The monoisotopic (exact) mass is 334 g/mol. The van der Waals surface area contributed by atoms with Gasteiger partial charge in [0.2, 0.25) is 5.91 Å². The van der Waals surface area contributed by atoms with Crippen molar-refractivity contribution < 1.29 is 21.6 Å². The van der Waals surface area contributed by atoms with Gasteiger partial charge in [-0.2, -0.15) is 0 Å². The van der Waals surface area contributed by atoms with E-state index < -0.39 is 42.8 Å². The van der Waals surface area contributed by atoms with Gasteiger partial charge in [-0.05, 0) is 24.6 Å². The molecule has 1 rings (SSSR count). The van der Waals surface area contributed by atoms with Gasteiger partial charge in [-0.25, -0.2) is 16.8 Å². The molecule has 0 aliphatic carbocycles. The van der Waals surface area contributed by atoms with Crippen LogP contribution in [0.25, 0.3) is 0 Å². The lowest BCUT2D eigenvalue weighted by Crippen LogP contribution is -2.27. The molecule has 3 N–H and O–H groups in total. The number of rotatable bonds is 6. The molecule has 0 heterocycles. The van der Waals surface area contributed by atoms with Crippen LogP contribution in [0.5, 0.6) is 0 Å². The van der Waals surface area contributed by atoms with Crippen molar-refractivity contribution in [2.24, 2.45) is 0 Å². The number of hydrogen-bond acceptors (Lipinski definition) is 6. The number of hydrogen-bond donors (Lipinski definition) is 2. The van der Waals surface area contributed by atoms with E-state index in [0.29, 0.717) is 11.4 Å². The Balaban J connectivity index is 2.71. The zero-order valence-electron chi connectivity index (χ0n) is 11.8. The lowest BCUT2D eigenvalue weighted by atomic mass is 10.2. The van der Waals surface area contributed by atoms with Crippen LogP contribution in [0, 0.1) is 6.92 Å². The average molecular weight is 334 g/mol. The van der Waals surface area contributed by atoms with Crippen LogP contribution < -0.4 is 11.1 Å². The van der Waals surface area contributed by atoms with Crippen LogP contribution in [0.4, 0.5) is 11.4 Å². The summed E-state index contributed by atoms with van der Waals surface area (Å²) in [5, 5.41) is 2.46. The Kier molecular flexibility index (Phi) is 5.35. The lowest BCUT2D eigenvalue weighted by molar-refractivity contribution is -0.113. The molecule has 9 heteroatoms. The number of sulfone groups is 2. The van der Waals surface area contributed by atoms with Gasteiger partial charge in [0.1, 0.15) is 15.6 Å². The largest absolute Gasteiger partial charge is 0.399 e. The third-order valence-corrected chi connectivity index (χ3v) is 5.38. The number of anilines is 2. The fourth-order valence-electron chi connectivity index (χ4n) is 1.51. The molecule has 0 fully saturated rings. The predicted molar refractivity (Wildman–Crippen MR) is 82.6 cm³/mol. The number of carbonyl (C=O) groups excluding carboxylic acids is 1. The summed E-state index contributed by atoms with van der Waals surface area (Å²) in [4.78, 5) is 11.7. The second-order valence-electron chi connectivity index (χ2n) is 4.84. The van der Waals surface area contributed by atoms with Gasteiger partial charge in [0, 0.05) is 17.6 Å². The van der Waals surface area contributed by atoms with Crippen LogP contribution in [0.3, 0.4) is 0 Å². The smallest absolute Gasteiger partial charge is 0.239 e. The van der Waals surface area contributed by atoms with E-state index >= 15 is 0 Å². The van der Waals surface area contributed by atoms with Gasteiger partial charge in [-0.1, -0.05) is 6.07 Å². The minimum atomic E-state index is -3.78. The van der Waals surface area contributed by atoms with Crippen molar-refractivity contribution in [2.45, 2.75) is 6.92 Å². The minimum Gasteiger partial charge on any atom is -0.399 e. The van der Waals surface area contributed by atoms with Crippen molar-refractivity contribution >= 4 is 37.0 Å². The maximum absolute atomic E-state index is 11.7. The standard InChI is InChI=1S/C12H18N2O5S2/c1-9-3-4-10(13)7-11(9)14-12(15)8-21(18,19)6-5-20(2,16)17/h3-4,7H,5-6,8,13H2,1-2H3,(H,14,15). The topological polar surface area (TPSA) is 123 Å². The van der Waals surface area contributed by atoms with Gasteiger partial charge < -0.3 is 11.1 Å². The van der Waals surface area contributed by atoms with E-state index in [1.165, 1.54) is 6.07 Å². The second kappa shape index (κ2) is 6.44. The molecule has 0 radical (unpaired) electrons. The molecule has 0 aliphatic rings. The highest BCUT2D eigenvalue weighted by Crippen LogP contribution is 2.18. The Labute approximate surface area is 124 Å². The normalized spacial score (nSPS) is 12.1. The summed E-state index contributed by atoms with van der Waals surface area (Å²) in [6.45, 7) is 1.74. The van der Waals surface area contributed by atoms with Crippen LogP contribution in [0.2, 0.25) is 0 Å². The third-order valence-electron chi connectivity index (χ3n) is 2.65. The predicted octanol–water partition coefficient (Wildman–Crippen LogP) is -0.0249. The van der Waals surface area contributed by atoms with Gasteiger partial charge in [-0.3, -0.25) is 4.79 Å². The number of nitrogens with one attached hydrogen (secondary N) is 1. The number of aryl methyl sites for hydroxylation is 1. The van der Waals surface area contributed by atoms with Crippen LogP contribution in [-0.4, -0.2) is 46.3 Å². The molecule has 0 saturated heterocycles. The Morgan fingerprint density at radius 2 is 1.81 bits per heavy atom. The van der Waals surface area contributed by atoms with Gasteiger partial charge >= 0.3 is 0 Å². The molecule has 0 spiro atoms. The summed E-state index contributed by atoms with van der Waals surface area (Å²) in [5.41, 5.74) is 7.20. The molecule has 1 aromatic carbocycles. The highest BCUT2D eigenvalue weighted by Gasteiger charge is 2.19. The average Bonchev–Trinajstić information content (AvgIpc) is 2.30. The molecule has 0 saturated carbocycles. The number of benzene rings is 1. The molecule has 21 heavy (non-hydrogen) atoms. The molecule has 1 aromatic rings. The van der Waals surface area contributed by atoms with Gasteiger partial charge in [0.25, 0.3) is 0 Å². The number of carbonyl (C=O) groups is 1. The first-order valence-electron chi connectivity index (χ1n) is 6.03. The maximum atomic E-state index is 11.7. The van der Waals surface area contributed by atoms with E-state index in [0.717, 1.165) is 11.8 Å². The van der Waals surface area contributed by atoms with Crippen molar-refractivity contribution in [1.29, 1.82) is 0 Å². The maximum Gasteiger partial charge on any atom is 0.239 e. The van der Waals surface area contributed by atoms with Crippen molar-refractivity contribution in [2.75, 3.05) is 34.6 Å². The Bertz CT molecular complexity index is 739. The zero-order valence-corrected chi connectivity index (χ0v) is 13.4. The Morgan fingerprint density at radius 3 is 2.38 bits per heavy atom. The molecular weight excluding hydrogens is 316 g/mol. The molecule has 0 unspecified atom stereocenters. The molecule has 7 nitrogen and oxygen atoms in total. The highest BCUT2D eigenvalue weighted by molar-refractivity contribution is 7.95. The Hall–Kier alpha value is -1.61. The summed E-state index contributed by atoms with van der Waals surface area (Å²) in [6.07, 6.45) is 0.943. The van der Waals surface area contributed by atoms with Gasteiger partial charge in [-0.15, -0.1) is 0 Å². The molecule has 0 aromatic heterocycles. The van der Waals surface area contributed by atoms with Crippen LogP contribution in [-0.2, 0) is 24.5 Å². The number of nitrogen functional groups attached to an aromatic ring is 1. The van der Waals surface area contributed by atoms with E-state index in [1.807, 2.05) is 0 Å². The summed E-state index contributed by atoms with van der Waals surface area (Å²) >= 11 is 0. The van der Waals surface area contributed by atoms with Crippen LogP contribution in [0.1, 0.15) is 5.56 Å². The summed E-state index contributed by atoms with van der Waals surface area (Å²) in [6, 6.07) is 4.88. The van der Waals surface area contributed by atoms with Crippen LogP contribution >= 0.6 is 0 Å². The van der Waals surface area contributed by atoms with Gasteiger partial charge in [0.15, 0.2) is 9.84 Å². The molecule has 0 bridgehead atoms. The minimum absolute atomic E-state index is 0.429. The zero-order chi connectivity index (χ0) is 16.3. The van der Waals surface area contributed by atoms with Crippen molar-refractivity contribution in [3.63, 3.8) is 0 Å². The van der Waals surface area contributed by atoms with Crippen molar-refractivity contribution in [3.05, 3.63) is 23.8 Å². The quantitative estimate of drug-likeness (QED) is 0.704. The molecule has 1 amide bonds. The second-order valence-corrected chi connectivity index (χ2v) is 9.29. The third kappa shape index (κ3) is 6.58. The van der Waals surface area contributed by atoms with E-state index in [4.69, 9.17) is 5.73 Å². The fourth-order valence-corrected chi connectivity index (χ4v) is 4.35. The summed E-state index contributed by atoms with van der Waals surface area (Å²) in [5.74, 6) is -2.57. The van der Waals surface area contributed by atoms with E-state index in [-0.39, 0.29) is 0 Å². The lowest BCUT2D eigenvalue weighted by Gasteiger charge is -2.09. The first-order valence-corrected chi connectivity index (χ1v) is 9.91. The molecule has 0 aliphatic heterocycles. The fraction of sp³-hybridized carbons (Fsp3) is 0.417. The van der Waals surface area contributed by atoms with E-state index in [1.54, 1.807) is 19.1 Å². The Morgan fingerprint density at radius 1 is 1.19 bits per heavy atom. The molecule has 0 atom stereocenters. The first kappa shape index (κ1) is 17.4. The van der Waals surface area contributed by atoms with Gasteiger partial charge in [0.05, 0.1) is 11.5 Å². The SMILES string of the molecule is Cc1ccc(N)cc1NC(=O)CS(=O)(=O)CCS(C)(=O)=O. The van der Waals surface area contributed by atoms with Crippen molar-refractivity contribution in [3.8, 4) is 0 Å². The summed E-state index contributed by atoms with van der Waals surface area (Å²) < 4.78 is 45.3. The number of amides is 1. The van der Waals surface area contributed by atoms with E-state index in [2.05, 4.69) is 5.32 Å².